The highest BCUT2D eigenvalue weighted by molar-refractivity contribution is 14.0. The molecular weight excluding hydrogens is 471 g/mol. The second kappa shape index (κ2) is 15.2. The van der Waals surface area contributed by atoms with Gasteiger partial charge < -0.3 is 25.4 Å². The van der Waals surface area contributed by atoms with Crippen LogP contribution in [0.1, 0.15) is 32.8 Å². The van der Waals surface area contributed by atoms with Gasteiger partial charge in [-0.1, -0.05) is 19.9 Å². The van der Waals surface area contributed by atoms with Crippen molar-refractivity contribution in [3.63, 3.8) is 0 Å². The molecule has 28 heavy (non-hydrogen) atoms. The summed E-state index contributed by atoms with van der Waals surface area (Å²) in [5.41, 5.74) is 1.21. The zero-order chi connectivity index (χ0) is 20.1. The Morgan fingerprint density at radius 3 is 2.39 bits per heavy atom. The molecular formula is C20H35IN4O3. The predicted octanol–water partition coefficient (Wildman–Crippen LogP) is 2.58. The van der Waals surface area contributed by atoms with Crippen LogP contribution in [0.15, 0.2) is 23.2 Å². The Labute approximate surface area is 186 Å². The molecule has 8 heteroatoms. The lowest BCUT2D eigenvalue weighted by Gasteiger charge is -2.13. The van der Waals surface area contributed by atoms with E-state index in [0.717, 1.165) is 36.8 Å². The lowest BCUT2D eigenvalue weighted by Crippen LogP contribution is -2.42. The molecule has 0 radical (unpaired) electrons. The number of methoxy groups -OCH3 is 1. The van der Waals surface area contributed by atoms with Crippen molar-refractivity contribution in [1.82, 2.24) is 16.0 Å². The number of aryl methyl sites for hydroxylation is 1. The predicted molar refractivity (Wildman–Crippen MR) is 125 cm³/mol. The number of aliphatic imine (C=N–C) groups is 1. The molecule has 0 spiro atoms. The van der Waals surface area contributed by atoms with Gasteiger partial charge in [-0.05, 0) is 37.5 Å². The number of carbonyl (C=O) groups excluding carboxylic acids is 1. The van der Waals surface area contributed by atoms with Crippen LogP contribution in [-0.4, -0.2) is 52.3 Å². The third kappa shape index (κ3) is 10.0. The SMILES string of the molecule is CCOc1cc(CCCNC(=NC)NCCNC(=O)C(C)C)ccc1OC.I. The minimum absolute atomic E-state index is 0. The monoisotopic (exact) mass is 506 g/mol. The largest absolute Gasteiger partial charge is 0.493 e. The Bertz CT molecular complexity index is 609. The molecule has 0 fully saturated rings. The molecule has 1 aromatic rings. The molecule has 0 aliphatic heterocycles. The molecule has 0 aromatic heterocycles. The second-order valence-electron chi connectivity index (χ2n) is 6.39. The van der Waals surface area contributed by atoms with Gasteiger partial charge in [-0.3, -0.25) is 9.79 Å². The van der Waals surface area contributed by atoms with E-state index in [1.54, 1.807) is 14.2 Å². The van der Waals surface area contributed by atoms with Crippen LogP contribution in [0.2, 0.25) is 0 Å². The van der Waals surface area contributed by atoms with Crippen molar-refractivity contribution in [1.29, 1.82) is 0 Å². The third-order valence-electron chi connectivity index (χ3n) is 3.93. The van der Waals surface area contributed by atoms with Gasteiger partial charge in [-0.2, -0.15) is 0 Å². The van der Waals surface area contributed by atoms with Gasteiger partial charge in [0, 0.05) is 32.6 Å². The van der Waals surface area contributed by atoms with Crippen molar-refractivity contribution in [2.24, 2.45) is 10.9 Å². The summed E-state index contributed by atoms with van der Waals surface area (Å²) >= 11 is 0. The van der Waals surface area contributed by atoms with Crippen LogP contribution in [-0.2, 0) is 11.2 Å². The summed E-state index contributed by atoms with van der Waals surface area (Å²) in [5.74, 6) is 2.34. The first kappa shape index (κ1) is 26.3. The van der Waals surface area contributed by atoms with Crippen LogP contribution in [0, 0.1) is 5.92 Å². The van der Waals surface area contributed by atoms with Crippen molar-refractivity contribution in [3.05, 3.63) is 23.8 Å². The Balaban J connectivity index is 0.00000729. The number of guanidine groups is 1. The van der Waals surface area contributed by atoms with E-state index in [1.807, 2.05) is 32.9 Å². The number of nitrogens with one attached hydrogen (secondary N) is 3. The normalized spacial score (nSPS) is 10.9. The summed E-state index contributed by atoms with van der Waals surface area (Å²) in [6, 6.07) is 6.04. The fourth-order valence-corrected chi connectivity index (χ4v) is 2.44. The number of hydrogen-bond donors (Lipinski definition) is 3. The molecule has 0 unspecified atom stereocenters. The van der Waals surface area contributed by atoms with Crippen LogP contribution in [0.3, 0.4) is 0 Å². The van der Waals surface area contributed by atoms with Crippen LogP contribution in [0.4, 0.5) is 0 Å². The summed E-state index contributed by atoms with van der Waals surface area (Å²) in [5, 5.41) is 9.34. The minimum Gasteiger partial charge on any atom is -0.493 e. The van der Waals surface area contributed by atoms with Gasteiger partial charge in [0.05, 0.1) is 13.7 Å². The number of halogens is 1. The molecule has 0 heterocycles. The van der Waals surface area contributed by atoms with E-state index in [1.165, 1.54) is 5.56 Å². The quantitative estimate of drug-likeness (QED) is 0.186. The van der Waals surface area contributed by atoms with Crippen LogP contribution in [0.25, 0.3) is 0 Å². The molecule has 1 aromatic carbocycles. The fourth-order valence-electron chi connectivity index (χ4n) is 2.44. The number of ether oxygens (including phenoxy) is 2. The van der Waals surface area contributed by atoms with E-state index in [4.69, 9.17) is 9.47 Å². The average molecular weight is 506 g/mol. The topological polar surface area (TPSA) is 84.0 Å². The van der Waals surface area contributed by atoms with E-state index in [0.29, 0.717) is 19.7 Å². The first-order valence-electron chi connectivity index (χ1n) is 9.53. The number of nitrogens with zero attached hydrogens (tertiary/aromatic N) is 1. The molecule has 0 atom stereocenters. The first-order valence-corrected chi connectivity index (χ1v) is 9.53. The van der Waals surface area contributed by atoms with E-state index < -0.39 is 0 Å². The molecule has 0 bridgehead atoms. The number of benzene rings is 1. The molecule has 160 valence electrons. The highest BCUT2D eigenvalue weighted by atomic mass is 127. The fraction of sp³-hybridized carbons (Fsp3) is 0.600. The third-order valence-corrected chi connectivity index (χ3v) is 3.93. The number of hydrogen-bond acceptors (Lipinski definition) is 4. The maximum Gasteiger partial charge on any atom is 0.222 e. The zero-order valence-electron chi connectivity index (χ0n) is 17.6. The van der Waals surface area contributed by atoms with Crippen LogP contribution < -0.4 is 25.4 Å². The lowest BCUT2D eigenvalue weighted by atomic mass is 10.1. The summed E-state index contributed by atoms with van der Waals surface area (Å²) in [6.45, 7) is 8.34. The maximum absolute atomic E-state index is 11.5. The number of amides is 1. The van der Waals surface area contributed by atoms with Gasteiger partial charge >= 0.3 is 0 Å². The summed E-state index contributed by atoms with van der Waals surface area (Å²) in [4.78, 5) is 15.7. The number of rotatable bonds is 11. The zero-order valence-corrected chi connectivity index (χ0v) is 20.0. The summed E-state index contributed by atoms with van der Waals surface area (Å²) < 4.78 is 10.9. The van der Waals surface area contributed by atoms with Crippen molar-refractivity contribution < 1.29 is 14.3 Å². The van der Waals surface area contributed by atoms with Crippen LogP contribution >= 0.6 is 24.0 Å². The molecule has 0 aliphatic carbocycles. The molecule has 0 saturated heterocycles. The van der Waals surface area contributed by atoms with Crippen LogP contribution in [0.5, 0.6) is 11.5 Å². The highest BCUT2D eigenvalue weighted by Gasteiger charge is 2.06. The number of carbonyl (C=O) groups is 1. The Hall–Kier alpha value is -1.71. The smallest absolute Gasteiger partial charge is 0.222 e. The van der Waals surface area contributed by atoms with Crippen molar-refractivity contribution in [2.75, 3.05) is 40.4 Å². The van der Waals surface area contributed by atoms with E-state index in [-0.39, 0.29) is 35.8 Å². The average Bonchev–Trinajstić information content (AvgIpc) is 2.66. The van der Waals surface area contributed by atoms with E-state index in [9.17, 15) is 4.79 Å². The highest BCUT2D eigenvalue weighted by Crippen LogP contribution is 2.28. The van der Waals surface area contributed by atoms with E-state index in [2.05, 4.69) is 27.0 Å². The summed E-state index contributed by atoms with van der Waals surface area (Å²) in [7, 11) is 3.38. The van der Waals surface area contributed by atoms with Gasteiger partial charge in [-0.25, -0.2) is 0 Å². The van der Waals surface area contributed by atoms with Crippen molar-refractivity contribution in [2.45, 2.75) is 33.6 Å². The standard InChI is InChI=1S/C20H34N4O3.HI/c1-6-27-18-14-16(9-10-17(18)26-5)8-7-11-23-20(21-4)24-13-12-22-19(25)15(2)3;/h9-10,14-15H,6-8,11-13H2,1-5H3,(H,22,25)(H2,21,23,24);1H. The molecule has 3 N–H and O–H groups in total. The minimum atomic E-state index is 0. The van der Waals surface area contributed by atoms with Gasteiger partial charge in [0.1, 0.15) is 0 Å². The Morgan fingerprint density at radius 1 is 1.11 bits per heavy atom. The van der Waals surface area contributed by atoms with Gasteiger partial charge in [-0.15, -0.1) is 24.0 Å². The lowest BCUT2D eigenvalue weighted by molar-refractivity contribution is -0.123. The van der Waals surface area contributed by atoms with Crippen molar-refractivity contribution >= 4 is 35.8 Å². The van der Waals surface area contributed by atoms with Crippen molar-refractivity contribution in [3.8, 4) is 11.5 Å². The molecule has 0 saturated carbocycles. The Kier molecular flexibility index (Phi) is 14.3. The molecule has 0 aliphatic rings. The molecule has 1 rings (SSSR count). The molecule has 1 amide bonds. The second-order valence-corrected chi connectivity index (χ2v) is 6.39. The van der Waals surface area contributed by atoms with Gasteiger partial charge in [0.2, 0.25) is 5.91 Å². The summed E-state index contributed by atoms with van der Waals surface area (Å²) in [6.07, 6.45) is 1.89. The molecule has 7 nitrogen and oxygen atoms in total. The Morgan fingerprint density at radius 2 is 1.79 bits per heavy atom. The van der Waals surface area contributed by atoms with Gasteiger partial charge in [0.15, 0.2) is 17.5 Å². The van der Waals surface area contributed by atoms with E-state index >= 15 is 0 Å². The first-order chi connectivity index (χ1) is 13.0. The maximum atomic E-state index is 11.5. The van der Waals surface area contributed by atoms with Gasteiger partial charge in [0.25, 0.3) is 0 Å².